The van der Waals surface area contributed by atoms with Crippen molar-refractivity contribution in [3.05, 3.63) is 0 Å². The average Bonchev–Trinajstić information content (AvgIpc) is 2.28. The molecule has 0 saturated heterocycles. The van der Waals surface area contributed by atoms with Gasteiger partial charge in [-0.05, 0) is 7.05 Å². The van der Waals surface area contributed by atoms with Gasteiger partial charge in [0.15, 0.2) is 7.47 Å². The standard InChI is InChI=1S/C9H13Br4NO4/c1-14(2-4-17-8(15)6(10)11)3-5-18-9(16)7(12)13/h6-7H,2-5H2,1H3. The molecule has 0 aromatic carbocycles. The number of halogens is 4. The molecule has 0 atom stereocenters. The molecule has 0 spiro atoms. The highest BCUT2D eigenvalue weighted by molar-refractivity contribution is 9.25. The van der Waals surface area contributed by atoms with Crippen LogP contribution >= 0.6 is 63.7 Å². The van der Waals surface area contributed by atoms with Gasteiger partial charge in [0.2, 0.25) is 0 Å². The quantitative estimate of drug-likeness (QED) is 0.364. The molecule has 5 nitrogen and oxygen atoms in total. The summed E-state index contributed by atoms with van der Waals surface area (Å²) in [5, 5.41) is 0. The van der Waals surface area contributed by atoms with Gasteiger partial charge in [0, 0.05) is 13.1 Å². The van der Waals surface area contributed by atoms with E-state index in [1.807, 2.05) is 11.9 Å². The molecule has 0 bridgehead atoms. The first-order valence-corrected chi connectivity index (χ1v) is 8.59. The van der Waals surface area contributed by atoms with Crippen LogP contribution in [0.2, 0.25) is 0 Å². The van der Waals surface area contributed by atoms with E-state index in [2.05, 4.69) is 63.7 Å². The molecule has 0 heterocycles. The van der Waals surface area contributed by atoms with Gasteiger partial charge in [-0.15, -0.1) is 0 Å². The third-order valence-electron chi connectivity index (χ3n) is 1.79. The Bertz CT molecular complexity index is 249. The Labute approximate surface area is 139 Å². The second kappa shape index (κ2) is 10.6. The molecule has 0 N–H and O–H groups in total. The molecule has 0 radical (unpaired) electrons. The van der Waals surface area contributed by atoms with Crippen molar-refractivity contribution in [3.8, 4) is 0 Å². The van der Waals surface area contributed by atoms with Gasteiger partial charge in [-0.1, -0.05) is 63.7 Å². The summed E-state index contributed by atoms with van der Waals surface area (Å²) < 4.78 is 8.92. The lowest BCUT2D eigenvalue weighted by Gasteiger charge is -2.16. The minimum atomic E-state index is -0.481. The fraction of sp³-hybridized carbons (Fsp3) is 0.778. The van der Waals surface area contributed by atoms with Crippen LogP contribution in [0, 0.1) is 0 Å². The van der Waals surface area contributed by atoms with Gasteiger partial charge in [-0.2, -0.15) is 0 Å². The summed E-state index contributed by atoms with van der Waals surface area (Å²) in [4.78, 5) is 24.1. The van der Waals surface area contributed by atoms with E-state index in [-0.39, 0.29) is 25.2 Å². The van der Waals surface area contributed by atoms with E-state index in [0.29, 0.717) is 13.1 Å². The van der Waals surface area contributed by atoms with Crippen LogP contribution in [0.25, 0.3) is 0 Å². The fourth-order valence-electron chi connectivity index (χ4n) is 0.842. The molecular formula is C9H13Br4NO4. The molecule has 0 unspecified atom stereocenters. The van der Waals surface area contributed by atoms with Gasteiger partial charge >= 0.3 is 11.9 Å². The first-order chi connectivity index (χ1) is 8.34. The van der Waals surface area contributed by atoms with E-state index in [4.69, 9.17) is 9.47 Å². The maximum absolute atomic E-state index is 11.1. The molecule has 106 valence electrons. The summed E-state index contributed by atoms with van der Waals surface area (Å²) in [6.07, 6.45) is 0. The van der Waals surface area contributed by atoms with Gasteiger partial charge in [0.05, 0.1) is 0 Å². The van der Waals surface area contributed by atoms with Gasteiger partial charge in [-0.3, -0.25) is 4.90 Å². The van der Waals surface area contributed by atoms with Crippen molar-refractivity contribution < 1.29 is 19.1 Å². The molecule has 0 aliphatic carbocycles. The number of alkyl halides is 4. The van der Waals surface area contributed by atoms with Gasteiger partial charge in [0.1, 0.15) is 13.2 Å². The Morgan fingerprint density at radius 2 is 1.28 bits per heavy atom. The third-order valence-corrected chi connectivity index (χ3v) is 3.29. The summed E-state index contributed by atoms with van der Waals surface area (Å²) >= 11 is 12.2. The Balaban J connectivity index is 3.57. The number of carbonyl (C=O) groups excluding carboxylic acids is 2. The van der Waals surface area contributed by atoms with Crippen LogP contribution < -0.4 is 0 Å². The maximum Gasteiger partial charge on any atom is 0.330 e. The molecule has 0 rings (SSSR count). The first kappa shape index (κ1) is 18.8. The maximum atomic E-state index is 11.1. The summed E-state index contributed by atoms with van der Waals surface area (Å²) in [5.41, 5.74) is 0. The minimum Gasteiger partial charge on any atom is -0.463 e. The van der Waals surface area contributed by atoms with Crippen LogP contribution in [0.4, 0.5) is 0 Å². The van der Waals surface area contributed by atoms with E-state index in [9.17, 15) is 9.59 Å². The van der Waals surface area contributed by atoms with E-state index in [1.54, 1.807) is 0 Å². The number of likely N-dealkylation sites (N-methyl/N-ethyl adjacent to an activating group) is 1. The van der Waals surface area contributed by atoms with Crippen molar-refractivity contribution in [1.29, 1.82) is 0 Å². The van der Waals surface area contributed by atoms with Crippen molar-refractivity contribution in [1.82, 2.24) is 4.90 Å². The van der Waals surface area contributed by atoms with Crippen molar-refractivity contribution in [2.45, 2.75) is 7.47 Å². The molecule has 18 heavy (non-hydrogen) atoms. The van der Waals surface area contributed by atoms with Gasteiger partial charge < -0.3 is 9.47 Å². The topological polar surface area (TPSA) is 55.8 Å². The molecular weight excluding hydrogens is 506 g/mol. The summed E-state index contributed by atoms with van der Waals surface area (Å²) in [6.45, 7) is 1.72. The number of ether oxygens (including phenoxy) is 2. The normalized spacial score (nSPS) is 11.1. The highest BCUT2D eigenvalue weighted by atomic mass is 79.9. The molecule has 0 fully saturated rings. The Kier molecular flexibility index (Phi) is 11.1. The second-order valence-electron chi connectivity index (χ2n) is 3.24. The Morgan fingerprint density at radius 1 is 0.944 bits per heavy atom. The lowest BCUT2D eigenvalue weighted by molar-refractivity contribution is -0.141. The average molecular weight is 519 g/mol. The third kappa shape index (κ3) is 9.71. The van der Waals surface area contributed by atoms with Gasteiger partial charge in [0.25, 0.3) is 0 Å². The van der Waals surface area contributed by atoms with Crippen LogP contribution in [0.1, 0.15) is 0 Å². The lowest BCUT2D eigenvalue weighted by Crippen LogP contribution is -2.29. The zero-order valence-electron chi connectivity index (χ0n) is 9.58. The smallest absolute Gasteiger partial charge is 0.330 e. The highest BCUT2D eigenvalue weighted by Gasteiger charge is 2.13. The molecule has 0 aliphatic rings. The number of esters is 2. The molecule has 0 aliphatic heterocycles. The van der Waals surface area contributed by atoms with E-state index < -0.39 is 7.47 Å². The highest BCUT2D eigenvalue weighted by Crippen LogP contribution is 2.10. The van der Waals surface area contributed by atoms with E-state index in [0.717, 1.165) is 0 Å². The summed E-state index contributed by atoms with van der Waals surface area (Å²) in [5.74, 6) is -0.729. The molecule has 0 aromatic heterocycles. The monoisotopic (exact) mass is 515 g/mol. The largest absolute Gasteiger partial charge is 0.463 e. The predicted molar refractivity (Wildman–Crippen MR) is 82.7 cm³/mol. The van der Waals surface area contributed by atoms with Crippen molar-refractivity contribution in [2.24, 2.45) is 0 Å². The van der Waals surface area contributed by atoms with Crippen LogP contribution in [0.15, 0.2) is 0 Å². The van der Waals surface area contributed by atoms with E-state index in [1.165, 1.54) is 0 Å². The molecule has 0 saturated carbocycles. The summed E-state index contributed by atoms with van der Waals surface area (Å²) in [6, 6.07) is 0. The number of rotatable bonds is 8. The molecule has 0 amide bonds. The SMILES string of the molecule is CN(CCOC(=O)C(Br)Br)CCOC(=O)C(Br)Br. The van der Waals surface area contributed by atoms with E-state index >= 15 is 0 Å². The Hall–Kier alpha value is 0.820. The predicted octanol–water partition coefficient (Wildman–Crippen LogP) is 2.24. The molecule has 9 heteroatoms. The van der Waals surface area contributed by atoms with Gasteiger partial charge in [-0.25, -0.2) is 9.59 Å². The summed E-state index contributed by atoms with van der Waals surface area (Å²) in [7, 11) is 1.85. The number of carbonyl (C=O) groups is 2. The lowest BCUT2D eigenvalue weighted by atomic mass is 10.5. The van der Waals surface area contributed by atoms with Crippen molar-refractivity contribution >= 4 is 75.7 Å². The zero-order chi connectivity index (χ0) is 14.1. The van der Waals surface area contributed by atoms with Crippen LogP contribution in [-0.4, -0.2) is 57.7 Å². The number of nitrogens with zero attached hydrogens (tertiary/aromatic N) is 1. The zero-order valence-corrected chi connectivity index (χ0v) is 15.9. The van der Waals surface area contributed by atoms with Crippen molar-refractivity contribution in [3.63, 3.8) is 0 Å². The minimum absolute atomic E-state index is 0.288. The van der Waals surface area contributed by atoms with Crippen molar-refractivity contribution in [2.75, 3.05) is 33.4 Å². The first-order valence-electron chi connectivity index (χ1n) is 4.92. The number of hydrogen-bond donors (Lipinski definition) is 0. The second-order valence-corrected chi connectivity index (χ2v) is 9.36. The number of hydrogen-bond acceptors (Lipinski definition) is 5. The van der Waals surface area contributed by atoms with Crippen LogP contribution in [0.3, 0.4) is 0 Å². The van der Waals surface area contributed by atoms with Crippen LogP contribution in [0.5, 0.6) is 0 Å². The fourth-order valence-corrected chi connectivity index (χ4v) is 1.37. The van der Waals surface area contributed by atoms with Crippen LogP contribution in [-0.2, 0) is 19.1 Å². The Morgan fingerprint density at radius 3 is 1.56 bits per heavy atom. The molecule has 0 aromatic rings.